The summed E-state index contributed by atoms with van der Waals surface area (Å²) < 4.78 is 0. The third-order valence-electron chi connectivity index (χ3n) is 5.27. The lowest BCUT2D eigenvalue weighted by Crippen LogP contribution is -2.10. The van der Waals surface area contributed by atoms with Gasteiger partial charge in [0.2, 0.25) is 0 Å². The van der Waals surface area contributed by atoms with Crippen molar-refractivity contribution in [1.29, 1.82) is 5.26 Å². The van der Waals surface area contributed by atoms with Crippen LogP contribution in [0.3, 0.4) is 0 Å². The molecule has 2 heterocycles. The Balaban J connectivity index is 1.53. The predicted molar refractivity (Wildman–Crippen MR) is 144 cm³/mol. The lowest BCUT2D eigenvalue weighted by molar-refractivity contribution is 0.590. The fourth-order valence-corrected chi connectivity index (χ4v) is 6.05. The Kier molecular flexibility index (Phi) is 7.60. The van der Waals surface area contributed by atoms with Gasteiger partial charge < -0.3 is 0 Å². The highest BCUT2D eigenvalue weighted by molar-refractivity contribution is 8.03. The Morgan fingerprint density at radius 1 is 0.909 bits per heavy atom. The topological polar surface area (TPSA) is 36.7 Å². The first-order valence-corrected chi connectivity index (χ1v) is 13.7. The smallest absolute Gasteiger partial charge is 0.115 e. The molecule has 5 heteroatoms. The summed E-state index contributed by atoms with van der Waals surface area (Å²) in [5.41, 5.74) is 5.10. The van der Waals surface area contributed by atoms with Crippen LogP contribution in [-0.2, 0) is 5.41 Å². The first kappa shape index (κ1) is 23.6. The van der Waals surface area contributed by atoms with Gasteiger partial charge in [0.05, 0.1) is 16.1 Å². The van der Waals surface area contributed by atoms with Crippen LogP contribution in [0.15, 0.2) is 88.1 Å². The standard InChI is InChI=1S/C28H26N2S3/c1-28(2,3)21-11-13-22(14-12-21)31-16-17-33-27-24(19-29)23(20-8-5-4-6-9-20)18-25(30-27)26-10-7-15-32-26/h4-15,18H,16-17H2,1-3H3. The van der Waals surface area contributed by atoms with Gasteiger partial charge in [0.25, 0.3) is 0 Å². The second-order valence-electron chi connectivity index (χ2n) is 8.66. The minimum Gasteiger partial charge on any atom is -0.239 e. The van der Waals surface area contributed by atoms with Gasteiger partial charge in [0.1, 0.15) is 11.1 Å². The number of rotatable bonds is 7. The first-order valence-electron chi connectivity index (χ1n) is 10.9. The molecule has 0 N–H and O–H groups in total. The molecule has 0 aliphatic rings. The summed E-state index contributed by atoms with van der Waals surface area (Å²) in [5.74, 6) is 1.84. The molecule has 0 atom stereocenters. The summed E-state index contributed by atoms with van der Waals surface area (Å²) in [6.07, 6.45) is 0. The fraction of sp³-hybridized carbons (Fsp3) is 0.214. The van der Waals surface area contributed by atoms with Crippen LogP contribution in [0.25, 0.3) is 21.7 Å². The van der Waals surface area contributed by atoms with E-state index in [1.54, 1.807) is 23.1 Å². The molecule has 0 saturated carbocycles. The maximum absolute atomic E-state index is 10.0. The molecule has 0 amide bonds. The van der Waals surface area contributed by atoms with Gasteiger partial charge in [-0.2, -0.15) is 5.26 Å². The van der Waals surface area contributed by atoms with Gasteiger partial charge >= 0.3 is 0 Å². The van der Waals surface area contributed by atoms with Crippen molar-refractivity contribution < 1.29 is 0 Å². The lowest BCUT2D eigenvalue weighted by Gasteiger charge is -2.19. The molecule has 33 heavy (non-hydrogen) atoms. The van der Waals surface area contributed by atoms with E-state index >= 15 is 0 Å². The average Bonchev–Trinajstić information content (AvgIpc) is 3.37. The van der Waals surface area contributed by atoms with E-state index in [0.717, 1.165) is 38.2 Å². The quantitative estimate of drug-likeness (QED) is 0.194. The van der Waals surface area contributed by atoms with E-state index in [4.69, 9.17) is 4.98 Å². The van der Waals surface area contributed by atoms with Crippen LogP contribution in [0.1, 0.15) is 31.9 Å². The minimum absolute atomic E-state index is 0.169. The lowest BCUT2D eigenvalue weighted by atomic mass is 9.87. The molecular formula is C28H26N2S3. The number of pyridine rings is 1. The largest absolute Gasteiger partial charge is 0.239 e. The highest BCUT2D eigenvalue weighted by atomic mass is 32.2. The van der Waals surface area contributed by atoms with Crippen LogP contribution < -0.4 is 0 Å². The van der Waals surface area contributed by atoms with Crippen molar-refractivity contribution in [1.82, 2.24) is 4.98 Å². The van der Waals surface area contributed by atoms with Crippen LogP contribution in [0, 0.1) is 11.3 Å². The van der Waals surface area contributed by atoms with Crippen molar-refractivity contribution in [2.45, 2.75) is 36.1 Å². The van der Waals surface area contributed by atoms with Crippen LogP contribution in [0.4, 0.5) is 0 Å². The minimum atomic E-state index is 0.169. The van der Waals surface area contributed by atoms with Crippen molar-refractivity contribution in [3.63, 3.8) is 0 Å². The van der Waals surface area contributed by atoms with Crippen molar-refractivity contribution >= 4 is 34.9 Å². The van der Waals surface area contributed by atoms with Gasteiger partial charge in [0, 0.05) is 22.0 Å². The normalized spacial score (nSPS) is 11.3. The van der Waals surface area contributed by atoms with Crippen molar-refractivity contribution in [3.8, 4) is 27.8 Å². The Morgan fingerprint density at radius 3 is 2.27 bits per heavy atom. The van der Waals surface area contributed by atoms with Crippen LogP contribution in [0.5, 0.6) is 0 Å². The molecule has 166 valence electrons. The monoisotopic (exact) mass is 486 g/mol. The zero-order valence-corrected chi connectivity index (χ0v) is 21.5. The van der Waals surface area contributed by atoms with E-state index in [9.17, 15) is 5.26 Å². The highest BCUT2D eigenvalue weighted by Gasteiger charge is 2.16. The fourth-order valence-electron chi connectivity index (χ4n) is 3.48. The Morgan fingerprint density at radius 2 is 1.64 bits per heavy atom. The summed E-state index contributed by atoms with van der Waals surface area (Å²) in [7, 11) is 0. The molecule has 2 aromatic carbocycles. The Hall–Kier alpha value is -2.52. The number of thiophene rings is 1. The SMILES string of the molecule is CC(C)(C)c1ccc(SCCSc2nc(-c3cccs3)cc(-c3ccccc3)c2C#N)cc1. The molecule has 0 saturated heterocycles. The van der Waals surface area contributed by atoms with E-state index < -0.39 is 0 Å². The predicted octanol–water partition coefficient (Wildman–Crippen LogP) is 8.53. The number of hydrogen-bond acceptors (Lipinski definition) is 5. The number of hydrogen-bond donors (Lipinski definition) is 0. The average molecular weight is 487 g/mol. The first-order chi connectivity index (χ1) is 16.0. The maximum atomic E-state index is 10.0. The summed E-state index contributed by atoms with van der Waals surface area (Å²) in [4.78, 5) is 7.29. The van der Waals surface area contributed by atoms with Crippen molar-refractivity contribution in [3.05, 3.63) is 89.3 Å². The van der Waals surface area contributed by atoms with E-state index in [1.165, 1.54) is 10.5 Å². The molecule has 2 aromatic heterocycles. The Labute approximate surface area is 209 Å². The molecule has 0 fully saturated rings. The number of benzene rings is 2. The summed E-state index contributed by atoms with van der Waals surface area (Å²) in [5, 5.41) is 12.9. The van der Waals surface area contributed by atoms with E-state index in [1.807, 2.05) is 36.0 Å². The number of thioether (sulfide) groups is 2. The van der Waals surface area contributed by atoms with Gasteiger partial charge in [-0.25, -0.2) is 4.98 Å². The molecule has 0 unspecified atom stereocenters. The number of nitriles is 1. The van der Waals surface area contributed by atoms with E-state index in [0.29, 0.717) is 5.56 Å². The van der Waals surface area contributed by atoms with Gasteiger partial charge in [0.15, 0.2) is 0 Å². The summed E-state index contributed by atoms with van der Waals surface area (Å²) in [6.45, 7) is 6.71. The highest BCUT2D eigenvalue weighted by Crippen LogP contribution is 2.36. The Bertz CT molecular complexity index is 1230. The maximum Gasteiger partial charge on any atom is 0.115 e. The zero-order chi connectivity index (χ0) is 23.3. The van der Waals surface area contributed by atoms with Crippen molar-refractivity contribution in [2.75, 3.05) is 11.5 Å². The van der Waals surface area contributed by atoms with Crippen molar-refractivity contribution in [2.24, 2.45) is 0 Å². The van der Waals surface area contributed by atoms with Gasteiger partial charge in [-0.05, 0) is 46.2 Å². The zero-order valence-electron chi connectivity index (χ0n) is 19.0. The second kappa shape index (κ2) is 10.6. The summed E-state index contributed by atoms with van der Waals surface area (Å²) in [6, 6.07) is 27.6. The van der Waals surface area contributed by atoms with Gasteiger partial charge in [-0.3, -0.25) is 0 Å². The van der Waals surface area contributed by atoms with Gasteiger partial charge in [-0.1, -0.05) is 69.3 Å². The molecule has 0 radical (unpaired) electrons. The number of nitrogens with zero attached hydrogens (tertiary/aromatic N) is 2. The van der Waals surface area contributed by atoms with Crippen LogP contribution in [-0.4, -0.2) is 16.5 Å². The van der Waals surface area contributed by atoms with E-state index in [2.05, 4.69) is 80.8 Å². The molecule has 0 aliphatic heterocycles. The third-order valence-corrected chi connectivity index (χ3v) is 8.41. The molecule has 2 nitrogen and oxygen atoms in total. The molecule has 4 rings (SSSR count). The molecule has 4 aromatic rings. The van der Waals surface area contributed by atoms with E-state index in [-0.39, 0.29) is 5.41 Å². The molecule has 0 bridgehead atoms. The summed E-state index contributed by atoms with van der Waals surface area (Å²) >= 11 is 5.19. The van der Waals surface area contributed by atoms with Crippen LogP contribution in [0.2, 0.25) is 0 Å². The van der Waals surface area contributed by atoms with Gasteiger partial charge in [-0.15, -0.1) is 34.9 Å². The second-order valence-corrected chi connectivity index (χ2v) is 11.9. The third kappa shape index (κ3) is 5.89. The molecule has 0 aliphatic carbocycles. The van der Waals surface area contributed by atoms with Crippen LogP contribution >= 0.6 is 34.9 Å². The number of aromatic nitrogens is 1. The molecular weight excluding hydrogens is 461 g/mol. The molecule has 0 spiro atoms.